The molecule has 0 spiro atoms. The zero-order valence-electron chi connectivity index (χ0n) is 16.5. The molecule has 0 saturated heterocycles. The Kier molecular flexibility index (Phi) is 8.16. The van der Waals surface area contributed by atoms with Crippen LogP contribution in [0, 0.1) is 11.3 Å². The molecule has 0 aliphatic carbocycles. The summed E-state index contributed by atoms with van der Waals surface area (Å²) in [4.78, 5) is 12.2. The van der Waals surface area contributed by atoms with Gasteiger partial charge in [0.15, 0.2) is 17.6 Å². The third-order valence-electron chi connectivity index (χ3n) is 3.99. The summed E-state index contributed by atoms with van der Waals surface area (Å²) in [5.74, 6) is 1.79. The number of rotatable bonds is 10. The predicted molar refractivity (Wildman–Crippen MR) is 107 cm³/mol. The molecule has 0 saturated carbocycles. The lowest BCUT2D eigenvalue weighted by Gasteiger charge is -2.15. The molecule has 0 heterocycles. The van der Waals surface area contributed by atoms with Crippen molar-refractivity contribution in [2.24, 2.45) is 0 Å². The van der Waals surface area contributed by atoms with Gasteiger partial charge in [-0.05, 0) is 69.2 Å². The summed E-state index contributed by atoms with van der Waals surface area (Å²) in [7, 11) is 0. The van der Waals surface area contributed by atoms with Crippen LogP contribution in [0.15, 0.2) is 42.5 Å². The van der Waals surface area contributed by atoms with Crippen molar-refractivity contribution >= 4 is 5.91 Å². The number of nitrogens with zero attached hydrogens (tertiary/aromatic N) is 1. The molecule has 1 atom stereocenters. The SMILES string of the molecule is CCOc1ccc(CCNC(=O)C(C)Oc2ccc(C#N)cc2)cc1OCC. The monoisotopic (exact) mass is 382 g/mol. The fourth-order valence-corrected chi connectivity index (χ4v) is 2.59. The van der Waals surface area contributed by atoms with Crippen LogP contribution in [-0.4, -0.2) is 31.8 Å². The molecule has 2 rings (SSSR count). The number of hydrogen-bond acceptors (Lipinski definition) is 5. The summed E-state index contributed by atoms with van der Waals surface area (Å²) in [6.45, 7) is 7.17. The van der Waals surface area contributed by atoms with E-state index in [1.54, 1.807) is 31.2 Å². The first-order valence-corrected chi connectivity index (χ1v) is 9.40. The lowest BCUT2D eigenvalue weighted by atomic mass is 10.1. The lowest BCUT2D eigenvalue weighted by Crippen LogP contribution is -2.37. The van der Waals surface area contributed by atoms with E-state index in [4.69, 9.17) is 19.5 Å². The quantitative estimate of drug-likeness (QED) is 0.680. The Morgan fingerprint density at radius 2 is 1.75 bits per heavy atom. The topological polar surface area (TPSA) is 80.6 Å². The van der Waals surface area contributed by atoms with E-state index in [0.717, 1.165) is 11.3 Å². The van der Waals surface area contributed by atoms with Crippen molar-refractivity contribution in [3.05, 3.63) is 53.6 Å². The van der Waals surface area contributed by atoms with Crippen molar-refractivity contribution in [2.75, 3.05) is 19.8 Å². The minimum atomic E-state index is -0.632. The number of benzene rings is 2. The average Bonchev–Trinajstić information content (AvgIpc) is 2.70. The molecule has 1 N–H and O–H groups in total. The van der Waals surface area contributed by atoms with Gasteiger partial charge in [0.1, 0.15) is 5.75 Å². The van der Waals surface area contributed by atoms with Crippen LogP contribution in [0.2, 0.25) is 0 Å². The second-order valence-corrected chi connectivity index (χ2v) is 6.08. The second kappa shape index (κ2) is 10.8. The highest BCUT2D eigenvalue weighted by atomic mass is 16.5. The molecule has 2 aromatic rings. The molecule has 0 bridgehead atoms. The van der Waals surface area contributed by atoms with E-state index in [0.29, 0.717) is 43.2 Å². The molecule has 6 heteroatoms. The third kappa shape index (κ3) is 6.20. The highest BCUT2D eigenvalue weighted by Gasteiger charge is 2.14. The Balaban J connectivity index is 1.85. The molecule has 28 heavy (non-hydrogen) atoms. The van der Waals surface area contributed by atoms with Crippen LogP contribution in [-0.2, 0) is 11.2 Å². The van der Waals surface area contributed by atoms with Crippen LogP contribution in [0.1, 0.15) is 31.9 Å². The molecule has 2 aromatic carbocycles. The summed E-state index contributed by atoms with van der Waals surface area (Å²) in [6, 6.07) is 14.5. The first kappa shape index (κ1) is 21.1. The molecule has 0 fully saturated rings. The zero-order valence-corrected chi connectivity index (χ0v) is 16.5. The van der Waals surface area contributed by atoms with Crippen molar-refractivity contribution < 1.29 is 19.0 Å². The molecule has 0 radical (unpaired) electrons. The van der Waals surface area contributed by atoms with E-state index < -0.39 is 6.10 Å². The van der Waals surface area contributed by atoms with Crippen LogP contribution in [0.5, 0.6) is 17.2 Å². The highest BCUT2D eigenvalue weighted by Crippen LogP contribution is 2.28. The summed E-state index contributed by atoms with van der Waals surface area (Å²) < 4.78 is 16.8. The van der Waals surface area contributed by atoms with Crippen LogP contribution in [0.4, 0.5) is 0 Å². The summed E-state index contributed by atoms with van der Waals surface area (Å²) >= 11 is 0. The van der Waals surface area contributed by atoms with Gasteiger partial charge in [0.05, 0.1) is 24.8 Å². The van der Waals surface area contributed by atoms with Crippen LogP contribution >= 0.6 is 0 Å². The largest absolute Gasteiger partial charge is 0.490 e. The van der Waals surface area contributed by atoms with E-state index in [1.807, 2.05) is 38.1 Å². The van der Waals surface area contributed by atoms with Crippen molar-refractivity contribution in [3.8, 4) is 23.3 Å². The van der Waals surface area contributed by atoms with E-state index >= 15 is 0 Å². The van der Waals surface area contributed by atoms with Gasteiger partial charge in [-0.25, -0.2) is 0 Å². The molecule has 0 aliphatic rings. The minimum Gasteiger partial charge on any atom is -0.490 e. The van der Waals surface area contributed by atoms with Gasteiger partial charge in [0, 0.05) is 6.54 Å². The van der Waals surface area contributed by atoms with Gasteiger partial charge >= 0.3 is 0 Å². The molecule has 1 unspecified atom stereocenters. The Bertz CT molecular complexity index is 812. The number of carbonyl (C=O) groups is 1. The second-order valence-electron chi connectivity index (χ2n) is 6.08. The van der Waals surface area contributed by atoms with Gasteiger partial charge in [-0.2, -0.15) is 5.26 Å². The number of amides is 1. The molecular formula is C22H26N2O4. The smallest absolute Gasteiger partial charge is 0.260 e. The number of nitrogens with one attached hydrogen (secondary N) is 1. The number of nitriles is 1. The maximum Gasteiger partial charge on any atom is 0.260 e. The van der Waals surface area contributed by atoms with Crippen LogP contribution < -0.4 is 19.5 Å². The first-order chi connectivity index (χ1) is 13.6. The molecule has 0 aromatic heterocycles. The Labute approximate surface area is 166 Å². The summed E-state index contributed by atoms with van der Waals surface area (Å²) in [6.07, 6.45) is 0.0363. The van der Waals surface area contributed by atoms with Crippen molar-refractivity contribution in [1.82, 2.24) is 5.32 Å². The van der Waals surface area contributed by atoms with Gasteiger partial charge in [0.25, 0.3) is 5.91 Å². The normalized spacial score (nSPS) is 11.2. The van der Waals surface area contributed by atoms with Crippen molar-refractivity contribution in [3.63, 3.8) is 0 Å². The van der Waals surface area contributed by atoms with E-state index in [2.05, 4.69) is 5.32 Å². The Morgan fingerprint density at radius 3 is 2.39 bits per heavy atom. The Hall–Kier alpha value is -3.20. The fourth-order valence-electron chi connectivity index (χ4n) is 2.59. The molecular weight excluding hydrogens is 356 g/mol. The van der Waals surface area contributed by atoms with E-state index in [9.17, 15) is 4.79 Å². The first-order valence-electron chi connectivity index (χ1n) is 9.40. The average molecular weight is 382 g/mol. The van der Waals surface area contributed by atoms with Gasteiger partial charge in [-0.3, -0.25) is 4.79 Å². The standard InChI is InChI=1S/C22H26N2O4/c1-4-26-20-11-8-17(14-21(20)27-5-2)12-13-24-22(25)16(3)28-19-9-6-18(15-23)7-10-19/h6-11,14,16H,4-5,12-13H2,1-3H3,(H,24,25). The number of hydrogen-bond donors (Lipinski definition) is 1. The lowest BCUT2D eigenvalue weighted by molar-refractivity contribution is -0.127. The zero-order chi connectivity index (χ0) is 20.4. The van der Waals surface area contributed by atoms with Gasteiger partial charge in [-0.15, -0.1) is 0 Å². The predicted octanol–water partition coefficient (Wildman–Crippen LogP) is 3.48. The summed E-state index contributed by atoms with van der Waals surface area (Å²) in [5.41, 5.74) is 1.60. The molecule has 148 valence electrons. The molecule has 0 aliphatic heterocycles. The van der Waals surface area contributed by atoms with Gasteiger partial charge < -0.3 is 19.5 Å². The maximum atomic E-state index is 12.2. The van der Waals surface area contributed by atoms with Crippen LogP contribution in [0.3, 0.4) is 0 Å². The Morgan fingerprint density at radius 1 is 1.07 bits per heavy atom. The number of carbonyl (C=O) groups excluding carboxylic acids is 1. The van der Waals surface area contributed by atoms with Gasteiger partial charge in [0.2, 0.25) is 0 Å². The third-order valence-corrected chi connectivity index (χ3v) is 3.99. The van der Waals surface area contributed by atoms with Crippen LogP contribution in [0.25, 0.3) is 0 Å². The highest BCUT2D eigenvalue weighted by molar-refractivity contribution is 5.80. The molecule has 1 amide bonds. The van der Waals surface area contributed by atoms with E-state index in [1.165, 1.54) is 0 Å². The van der Waals surface area contributed by atoms with Crippen molar-refractivity contribution in [1.29, 1.82) is 5.26 Å². The maximum absolute atomic E-state index is 12.2. The van der Waals surface area contributed by atoms with Gasteiger partial charge in [-0.1, -0.05) is 6.07 Å². The summed E-state index contributed by atoms with van der Waals surface area (Å²) in [5, 5.41) is 11.7. The van der Waals surface area contributed by atoms with Crippen molar-refractivity contribution in [2.45, 2.75) is 33.3 Å². The van der Waals surface area contributed by atoms with E-state index in [-0.39, 0.29) is 5.91 Å². The fraction of sp³-hybridized carbons (Fsp3) is 0.364. The molecule has 6 nitrogen and oxygen atoms in total. The number of ether oxygens (including phenoxy) is 3. The minimum absolute atomic E-state index is 0.194.